The summed E-state index contributed by atoms with van der Waals surface area (Å²) >= 11 is 0. The van der Waals surface area contributed by atoms with E-state index in [1.165, 1.54) is 10.7 Å². The lowest BCUT2D eigenvalue weighted by Crippen LogP contribution is -2.20. The second-order valence-electron chi connectivity index (χ2n) is 8.09. The van der Waals surface area contributed by atoms with Crippen LogP contribution in [0.25, 0.3) is 22.0 Å². The predicted octanol–water partition coefficient (Wildman–Crippen LogP) is 4.88. The number of hydrogen-bond donors (Lipinski definition) is 0. The van der Waals surface area contributed by atoms with Crippen molar-refractivity contribution in [1.82, 2.24) is 19.3 Å². The number of fused-ring (bicyclic) bond motifs is 1. The van der Waals surface area contributed by atoms with Gasteiger partial charge in [0, 0.05) is 36.5 Å². The van der Waals surface area contributed by atoms with Crippen LogP contribution in [0.15, 0.2) is 53.6 Å². The van der Waals surface area contributed by atoms with Crippen molar-refractivity contribution in [1.29, 1.82) is 0 Å². The molecule has 4 rings (SSSR count). The van der Waals surface area contributed by atoms with Crippen molar-refractivity contribution in [3.8, 4) is 16.9 Å². The Hall–Kier alpha value is -3.55. The highest BCUT2D eigenvalue weighted by Crippen LogP contribution is 2.27. The van der Waals surface area contributed by atoms with Crippen LogP contribution in [0.5, 0.6) is 5.75 Å². The van der Waals surface area contributed by atoms with Gasteiger partial charge in [-0.1, -0.05) is 37.6 Å². The minimum Gasteiger partial charge on any atom is -0.434 e. The summed E-state index contributed by atoms with van der Waals surface area (Å²) < 4.78 is 33.8. The maximum absolute atomic E-state index is 12.9. The van der Waals surface area contributed by atoms with Gasteiger partial charge in [0.1, 0.15) is 11.6 Å². The highest BCUT2D eigenvalue weighted by Gasteiger charge is 2.16. The topological polar surface area (TPSA) is 61.9 Å². The number of ether oxygens (including phenoxy) is 1. The smallest absolute Gasteiger partial charge is 0.387 e. The SMILES string of the molecule is Cc1ccc(OC(F)F)c(Cn2c3cc(-c4cnc(C(C)C)nc4)ccc3c(=O)n2C)c1. The molecule has 2 aromatic carbocycles. The van der Waals surface area contributed by atoms with Gasteiger partial charge in [-0.3, -0.25) is 14.2 Å². The lowest BCUT2D eigenvalue weighted by molar-refractivity contribution is -0.0505. The average Bonchev–Trinajstić information content (AvgIpc) is 2.99. The molecule has 0 atom stereocenters. The predicted molar refractivity (Wildman–Crippen MR) is 119 cm³/mol. The van der Waals surface area contributed by atoms with E-state index in [-0.39, 0.29) is 23.8 Å². The van der Waals surface area contributed by atoms with Crippen molar-refractivity contribution >= 4 is 10.9 Å². The van der Waals surface area contributed by atoms with E-state index in [2.05, 4.69) is 9.97 Å². The summed E-state index contributed by atoms with van der Waals surface area (Å²) in [6, 6.07) is 10.6. The fourth-order valence-electron chi connectivity index (χ4n) is 3.73. The molecular formula is C24H24F2N4O2. The molecule has 0 saturated carbocycles. The van der Waals surface area contributed by atoms with E-state index in [1.54, 1.807) is 42.3 Å². The highest BCUT2D eigenvalue weighted by atomic mass is 19.3. The van der Waals surface area contributed by atoms with Gasteiger partial charge < -0.3 is 4.74 Å². The van der Waals surface area contributed by atoms with E-state index in [1.807, 2.05) is 32.9 Å². The molecule has 0 unspecified atom stereocenters. The van der Waals surface area contributed by atoms with Gasteiger partial charge in [0.2, 0.25) is 0 Å². The second kappa shape index (κ2) is 8.53. The van der Waals surface area contributed by atoms with E-state index in [0.717, 1.165) is 22.5 Å². The Labute approximate surface area is 184 Å². The first-order chi connectivity index (χ1) is 15.2. The Morgan fingerprint density at radius 2 is 1.75 bits per heavy atom. The molecule has 6 nitrogen and oxygen atoms in total. The maximum Gasteiger partial charge on any atom is 0.387 e. The van der Waals surface area contributed by atoms with Crippen molar-refractivity contribution in [2.45, 2.75) is 39.8 Å². The van der Waals surface area contributed by atoms with Crippen LogP contribution in [0.2, 0.25) is 0 Å². The number of aryl methyl sites for hydroxylation is 1. The van der Waals surface area contributed by atoms with Gasteiger partial charge in [-0.2, -0.15) is 8.78 Å². The molecule has 8 heteroatoms. The first-order valence-electron chi connectivity index (χ1n) is 10.3. The zero-order chi connectivity index (χ0) is 23.0. The monoisotopic (exact) mass is 438 g/mol. The molecule has 0 amide bonds. The molecule has 0 spiro atoms. The van der Waals surface area contributed by atoms with E-state index in [0.29, 0.717) is 16.5 Å². The zero-order valence-corrected chi connectivity index (χ0v) is 18.3. The van der Waals surface area contributed by atoms with Crippen LogP contribution in [0, 0.1) is 6.92 Å². The first kappa shape index (κ1) is 21.7. The number of halogens is 2. The minimum absolute atomic E-state index is 0.0914. The van der Waals surface area contributed by atoms with Gasteiger partial charge in [0.15, 0.2) is 0 Å². The highest BCUT2D eigenvalue weighted by molar-refractivity contribution is 5.84. The summed E-state index contributed by atoms with van der Waals surface area (Å²) in [6.45, 7) is 3.20. The molecule has 0 radical (unpaired) electrons. The van der Waals surface area contributed by atoms with Gasteiger partial charge in [0.05, 0.1) is 17.4 Å². The van der Waals surface area contributed by atoms with Crippen LogP contribution in [-0.4, -0.2) is 25.9 Å². The quantitative estimate of drug-likeness (QED) is 0.431. The van der Waals surface area contributed by atoms with E-state index < -0.39 is 6.61 Å². The third kappa shape index (κ3) is 4.12. The number of rotatable bonds is 6. The second-order valence-corrected chi connectivity index (χ2v) is 8.09. The van der Waals surface area contributed by atoms with Crippen molar-refractivity contribution in [3.05, 3.63) is 76.1 Å². The van der Waals surface area contributed by atoms with Gasteiger partial charge in [-0.25, -0.2) is 9.97 Å². The Bertz CT molecular complexity index is 1320. The van der Waals surface area contributed by atoms with Crippen molar-refractivity contribution in [2.24, 2.45) is 7.05 Å². The molecule has 0 N–H and O–H groups in total. The molecule has 0 fully saturated rings. The lowest BCUT2D eigenvalue weighted by Gasteiger charge is -2.15. The van der Waals surface area contributed by atoms with Gasteiger partial charge in [-0.05, 0) is 30.7 Å². The Balaban J connectivity index is 1.80. The molecular weight excluding hydrogens is 414 g/mol. The van der Waals surface area contributed by atoms with Crippen LogP contribution in [0.4, 0.5) is 8.78 Å². The zero-order valence-electron chi connectivity index (χ0n) is 18.3. The standard InChI is InChI=1S/C24H24F2N4O2/c1-14(2)22-27-11-18(12-28-22)16-6-7-19-20(10-16)30(29(4)23(19)31)13-17-9-15(3)5-8-21(17)32-24(25)26/h5-12,14,24H,13H2,1-4H3. The molecule has 0 aliphatic carbocycles. The summed E-state index contributed by atoms with van der Waals surface area (Å²) in [7, 11) is 1.66. The Morgan fingerprint density at radius 3 is 2.41 bits per heavy atom. The molecule has 0 saturated heterocycles. The molecule has 2 heterocycles. The lowest BCUT2D eigenvalue weighted by atomic mass is 10.1. The van der Waals surface area contributed by atoms with Crippen molar-refractivity contribution in [2.75, 3.05) is 0 Å². The summed E-state index contributed by atoms with van der Waals surface area (Å²) in [5, 5.41) is 0.542. The fraction of sp³-hybridized carbons (Fsp3) is 0.292. The normalized spacial score (nSPS) is 11.6. The third-order valence-electron chi connectivity index (χ3n) is 5.44. The van der Waals surface area contributed by atoms with Crippen molar-refractivity contribution in [3.63, 3.8) is 0 Å². The minimum atomic E-state index is -2.93. The van der Waals surface area contributed by atoms with Crippen LogP contribution < -0.4 is 10.3 Å². The van der Waals surface area contributed by atoms with Crippen LogP contribution in [0.3, 0.4) is 0 Å². The largest absolute Gasteiger partial charge is 0.434 e. The molecule has 4 aromatic rings. The maximum atomic E-state index is 12.9. The molecule has 166 valence electrons. The number of alkyl halides is 2. The van der Waals surface area contributed by atoms with Gasteiger partial charge in [0.25, 0.3) is 5.56 Å². The van der Waals surface area contributed by atoms with E-state index >= 15 is 0 Å². The number of benzene rings is 2. The molecule has 0 bridgehead atoms. The van der Waals surface area contributed by atoms with Crippen LogP contribution in [-0.2, 0) is 13.6 Å². The van der Waals surface area contributed by atoms with E-state index in [9.17, 15) is 13.6 Å². The van der Waals surface area contributed by atoms with Gasteiger partial charge >= 0.3 is 6.61 Å². The number of nitrogens with zero attached hydrogens (tertiary/aromatic N) is 4. The Kier molecular flexibility index (Phi) is 5.78. The fourth-order valence-corrected chi connectivity index (χ4v) is 3.73. The molecule has 0 aliphatic rings. The Morgan fingerprint density at radius 1 is 1.03 bits per heavy atom. The molecule has 2 aromatic heterocycles. The van der Waals surface area contributed by atoms with Crippen LogP contribution in [0.1, 0.15) is 36.7 Å². The first-order valence-corrected chi connectivity index (χ1v) is 10.3. The summed E-state index contributed by atoms with van der Waals surface area (Å²) in [5.41, 5.74) is 3.69. The summed E-state index contributed by atoms with van der Waals surface area (Å²) in [6.07, 6.45) is 3.54. The molecule has 32 heavy (non-hydrogen) atoms. The third-order valence-corrected chi connectivity index (χ3v) is 5.44. The van der Waals surface area contributed by atoms with E-state index in [4.69, 9.17) is 4.74 Å². The number of hydrogen-bond acceptors (Lipinski definition) is 4. The van der Waals surface area contributed by atoms with Crippen molar-refractivity contribution < 1.29 is 13.5 Å². The summed E-state index contributed by atoms with van der Waals surface area (Å²) in [5.74, 6) is 1.08. The summed E-state index contributed by atoms with van der Waals surface area (Å²) in [4.78, 5) is 21.7. The van der Waals surface area contributed by atoms with Gasteiger partial charge in [-0.15, -0.1) is 0 Å². The molecule has 0 aliphatic heterocycles. The average molecular weight is 438 g/mol. The number of aromatic nitrogens is 4. The van der Waals surface area contributed by atoms with Crippen LogP contribution >= 0.6 is 0 Å².